The van der Waals surface area contributed by atoms with Gasteiger partial charge in [-0.1, -0.05) is 6.07 Å². The first kappa shape index (κ1) is 12.5. The summed E-state index contributed by atoms with van der Waals surface area (Å²) in [4.78, 5) is 4.41. The molecule has 0 bridgehead atoms. The third kappa shape index (κ3) is 2.45. The molecule has 0 amide bonds. The second-order valence-electron chi connectivity index (χ2n) is 5.01. The number of fused-ring (bicyclic) bond motifs is 1. The molecule has 1 aromatic heterocycles. The van der Waals surface area contributed by atoms with Gasteiger partial charge in [-0.3, -0.25) is 0 Å². The number of halogens is 1. The molecule has 0 aliphatic heterocycles. The molecule has 1 atom stereocenters. The largest absolute Gasteiger partial charge is 0.399 e. The van der Waals surface area contributed by atoms with Gasteiger partial charge in [-0.2, -0.15) is 0 Å². The maximum atomic E-state index is 5.83. The van der Waals surface area contributed by atoms with Crippen LogP contribution in [0.2, 0.25) is 0 Å². The molecule has 3 N–H and O–H groups in total. The number of aromatic nitrogens is 1. The predicted molar refractivity (Wildman–Crippen MR) is 82.2 cm³/mol. The lowest BCUT2D eigenvalue weighted by molar-refractivity contribution is 0.757. The number of benzene rings is 1. The molecule has 19 heavy (non-hydrogen) atoms. The number of hydrogen-bond acceptors (Lipinski definition) is 3. The molecule has 4 heteroatoms. The van der Waals surface area contributed by atoms with E-state index in [0.29, 0.717) is 6.04 Å². The maximum absolute atomic E-state index is 5.83. The molecule has 1 aromatic carbocycles. The Hall–Kier alpha value is -1.55. The first-order valence-corrected chi connectivity index (χ1v) is 7.20. The zero-order valence-corrected chi connectivity index (χ0v) is 12.4. The second-order valence-corrected chi connectivity index (χ2v) is 5.87. The third-order valence-corrected chi connectivity index (χ3v) is 4.44. The smallest absolute Gasteiger partial charge is 0.126 e. The van der Waals surface area contributed by atoms with Gasteiger partial charge in [-0.15, -0.1) is 0 Å². The molecule has 1 heterocycles. The Kier molecular flexibility index (Phi) is 3.19. The van der Waals surface area contributed by atoms with Crippen molar-refractivity contribution in [2.24, 2.45) is 0 Å². The molecule has 0 radical (unpaired) electrons. The van der Waals surface area contributed by atoms with Crippen molar-refractivity contribution in [1.29, 1.82) is 0 Å². The van der Waals surface area contributed by atoms with Gasteiger partial charge in [0.05, 0.1) is 6.04 Å². The molecule has 1 aliphatic rings. The van der Waals surface area contributed by atoms with E-state index in [1.165, 1.54) is 16.7 Å². The van der Waals surface area contributed by atoms with Crippen molar-refractivity contribution >= 4 is 27.4 Å². The number of rotatable bonds is 2. The number of nitrogens with zero attached hydrogens (tertiary/aromatic N) is 1. The zero-order valence-electron chi connectivity index (χ0n) is 10.8. The summed E-state index contributed by atoms with van der Waals surface area (Å²) in [7, 11) is 0. The van der Waals surface area contributed by atoms with Gasteiger partial charge < -0.3 is 11.1 Å². The average Bonchev–Trinajstić information content (AvgIpc) is 2.76. The zero-order chi connectivity index (χ0) is 13.4. The van der Waals surface area contributed by atoms with Crippen LogP contribution in [0, 0.1) is 6.92 Å². The van der Waals surface area contributed by atoms with Gasteiger partial charge in [0.2, 0.25) is 0 Å². The fourth-order valence-electron chi connectivity index (χ4n) is 2.58. The van der Waals surface area contributed by atoms with Crippen LogP contribution in [0.15, 0.2) is 34.9 Å². The Balaban J connectivity index is 1.84. The van der Waals surface area contributed by atoms with Crippen LogP contribution in [0.1, 0.15) is 29.2 Å². The Labute approximate surface area is 121 Å². The molecule has 2 aromatic rings. The van der Waals surface area contributed by atoms with Crippen molar-refractivity contribution in [2.45, 2.75) is 25.8 Å². The van der Waals surface area contributed by atoms with Gasteiger partial charge in [0.25, 0.3) is 0 Å². The molecule has 0 spiro atoms. The van der Waals surface area contributed by atoms with Gasteiger partial charge in [-0.25, -0.2) is 4.98 Å². The molecule has 0 fully saturated rings. The first-order chi connectivity index (χ1) is 9.13. The van der Waals surface area contributed by atoms with E-state index in [4.69, 9.17) is 5.73 Å². The van der Waals surface area contributed by atoms with Crippen LogP contribution in [0.4, 0.5) is 11.5 Å². The number of aryl methyl sites for hydroxylation is 2. The highest BCUT2D eigenvalue weighted by atomic mass is 79.9. The Morgan fingerprint density at radius 1 is 1.37 bits per heavy atom. The van der Waals surface area contributed by atoms with Gasteiger partial charge in [-0.05, 0) is 70.6 Å². The highest BCUT2D eigenvalue weighted by molar-refractivity contribution is 9.10. The van der Waals surface area contributed by atoms with E-state index in [1.54, 1.807) is 0 Å². The lowest BCUT2D eigenvalue weighted by Crippen LogP contribution is -2.08. The molecular formula is C15H16BrN3. The van der Waals surface area contributed by atoms with Crippen LogP contribution in [-0.2, 0) is 6.42 Å². The van der Waals surface area contributed by atoms with Crippen LogP contribution >= 0.6 is 15.9 Å². The van der Waals surface area contributed by atoms with E-state index in [0.717, 1.165) is 28.8 Å². The molecule has 1 aliphatic carbocycles. The minimum atomic E-state index is 0.337. The lowest BCUT2D eigenvalue weighted by Gasteiger charge is -2.15. The minimum Gasteiger partial charge on any atom is -0.399 e. The SMILES string of the molecule is Cc1cc(NC2CCc3cc(N)ccc32)ncc1Br. The molecule has 0 saturated carbocycles. The fraction of sp³-hybridized carbons (Fsp3) is 0.267. The Morgan fingerprint density at radius 2 is 2.21 bits per heavy atom. The van der Waals surface area contributed by atoms with Gasteiger partial charge in [0, 0.05) is 16.4 Å². The highest BCUT2D eigenvalue weighted by Crippen LogP contribution is 2.34. The summed E-state index contributed by atoms with van der Waals surface area (Å²) < 4.78 is 1.04. The van der Waals surface area contributed by atoms with Crippen LogP contribution in [-0.4, -0.2) is 4.98 Å². The summed E-state index contributed by atoms with van der Waals surface area (Å²) in [5.41, 5.74) is 10.6. The topological polar surface area (TPSA) is 50.9 Å². The van der Waals surface area contributed by atoms with Crippen LogP contribution in [0.25, 0.3) is 0 Å². The van der Waals surface area contributed by atoms with Crippen molar-refractivity contribution in [3.05, 3.63) is 51.6 Å². The number of nitrogens with one attached hydrogen (secondary N) is 1. The fourth-order valence-corrected chi connectivity index (χ4v) is 2.80. The summed E-state index contributed by atoms with van der Waals surface area (Å²) in [6.45, 7) is 2.07. The van der Waals surface area contributed by atoms with Crippen LogP contribution in [0.5, 0.6) is 0 Å². The number of pyridine rings is 1. The molecule has 3 rings (SSSR count). The van der Waals surface area contributed by atoms with E-state index >= 15 is 0 Å². The second kappa shape index (κ2) is 4.85. The van der Waals surface area contributed by atoms with Crippen molar-refractivity contribution in [3.8, 4) is 0 Å². The van der Waals surface area contributed by atoms with E-state index in [9.17, 15) is 0 Å². The van der Waals surface area contributed by atoms with Crippen molar-refractivity contribution in [1.82, 2.24) is 4.98 Å². The monoisotopic (exact) mass is 317 g/mol. The molecule has 3 nitrogen and oxygen atoms in total. The van der Waals surface area contributed by atoms with Crippen molar-refractivity contribution in [3.63, 3.8) is 0 Å². The molecule has 0 saturated heterocycles. The van der Waals surface area contributed by atoms with Gasteiger partial charge in [0.15, 0.2) is 0 Å². The van der Waals surface area contributed by atoms with E-state index in [-0.39, 0.29) is 0 Å². The Morgan fingerprint density at radius 3 is 3.00 bits per heavy atom. The maximum Gasteiger partial charge on any atom is 0.126 e. The van der Waals surface area contributed by atoms with Crippen molar-refractivity contribution in [2.75, 3.05) is 11.1 Å². The molecule has 98 valence electrons. The third-order valence-electron chi connectivity index (χ3n) is 3.61. The van der Waals surface area contributed by atoms with E-state index in [2.05, 4.69) is 51.4 Å². The number of nitrogen functional groups attached to an aromatic ring is 1. The number of anilines is 2. The average molecular weight is 318 g/mol. The summed E-state index contributed by atoms with van der Waals surface area (Å²) in [5, 5.41) is 3.51. The van der Waals surface area contributed by atoms with Crippen LogP contribution in [0.3, 0.4) is 0 Å². The Bertz CT molecular complexity index is 625. The van der Waals surface area contributed by atoms with Gasteiger partial charge >= 0.3 is 0 Å². The quantitative estimate of drug-likeness (QED) is 0.827. The van der Waals surface area contributed by atoms with Crippen LogP contribution < -0.4 is 11.1 Å². The number of nitrogens with two attached hydrogens (primary N) is 1. The molecular weight excluding hydrogens is 302 g/mol. The highest BCUT2D eigenvalue weighted by Gasteiger charge is 2.22. The van der Waals surface area contributed by atoms with Gasteiger partial charge in [0.1, 0.15) is 5.82 Å². The summed E-state index contributed by atoms with van der Waals surface area (Å²) in [6.07, 6.45) is 4.01. The van der Waals surface area contributed by atoms with Crippen molar-refractivity contribution < 1.29 is 0 Å². The minimum absolute atomic E-state index is 0.337. The van der Waals surface area contributed by atoms with E-state index < -0.39 is 0 Å². The van der Waals surface area contributed by atoms with E-state index in [1.807, 2.05) is 12.3 Å². The summed E-state index contributed by atoms with van der Waals surface area (Å²) in [6, 6.07) is 8.58. The molecule has 1 unspecified atom stereocenters. The lowest BCUT2D eigenvalue weighted by atomic mass is 10.1. The number of hydrogen-bond donors (Lipinski definition) is 2. The summed E-state index contributed by atoms with van der Waals surface area (Å²) in [5.74, 6) is 0.926. The summed E-state index contributed by atoms with van der Waals surface area (Å²) >= 11 is 3.47. The normalized spacial score (nSPS) is 17.3. The standard InChI is InChI=1S/C15H16BrN3/c1-9-6-15(18-8-13(9)16)19-14-5-2-10-7-11(17)3-4-12(10)14/h3-4,6-8,14H,2,5,17H2,1H3,(H,18,19). The first-order valence-electron chi connectivity index (χ1n) is 6.40. The predicted octanol–water partition coefficient (Wildman–Crippen LogP) is 3.83.